The molecular formula is C65H43NS. The molecule has 0 spiro atoms. The second-order valence-electron chi connectivity index (χ2n) is 17.5. The summed E-state index contributed by atoms with van der Waals surface area (Å²) in [7, 11) is 0. The highest BCUT2D eigenvalue weighted by Crippen LogP contribution is 2.60. The fraction of sp³-hybridized carbons (Fsp3) is 0.0154. The summed E-state index contributed by atoms with van der Waals surface area (Å²) in [6.45, 7) is 0. The monoisotopic (exact) mass is 869 g/mol. The molecule has 11 aromatic carbocycles. The highest BCUT2D eigenvalue weighted by molar-refractivity contribution is 7.26. The van der Waals surface area contributed by atoms with Gasteiger partial charge in [0, 0.05) is 37.0 Å². The Bertz CT molecular complexity index is 3780. The fourth-order valence-corrected chi connectivity index (χ4v) is 12.3. The van der Waals surface area contributed by atoms with Crippen molar-refractivity contribution < 1.29 is 0 Å². The van der Waals surface area contributed by atoms with Crippen molar-refractivity contribution in [3.8, 4) is 44.5 Å². The molecule has 67 heavy (non-hydrogen) atoms. The SMILES string of the molecule is c1ccc(C2(c3ccccc3)c3ccccc3-c3c(N(c4cccc(-c5cccc(-c6cccc7c6sc6ccccc67)c5)c4)c4ccccc4-c4cccc5ccccc45)cccc32)cc1. The van der Waals surface area contributed by atoms with Crippen LogP contribution in [0.25, 0.3) is 75.5 Å². The number of para-hydroxylation sites is 1. The number of thiophene rings is 1. The van der Waals surface area contributed by atoms with Gasteiger partial charge in [-0.3, -0.25) is 0 Å². The van der Waals surface area contributed by atoms with Crippen LogP contribution in [0.5, 0.6) is 0 Å². The van der Waals surface area contributed by atoms with E-state index in [1.807, 2.05) is 11.3 Å². The summed E-state index contributed by atoms with van der Waals surface area (Å²) in [6, 6.07) is 96.4. The third kappa shape index (κ3) is 6.22. The molecule has 1 aliphatic rings. The van der Waals surface area contributed by atoms with Crippen LogP contribution in [-0.2, 0) is 5.41 Å². The lowest BCUT2D eigenvalue weighted by atomic mass is 9.68. The maximum Gasteiger partial charge on any atom is 0.0714 e. The van der Waals surface area contributed by atoms with Gasteiger partial charge in [-0.2, -0.15) is 0 Å². The summed E-state index contributed by atoms with van der Waals surface area (Å²) in [5, 5.41) is 5.08. The second-order valence-corrected chi connectivity index (χ2v) is 18.6. The van der Waals surface area contributed by atoms with Crippen LogP contribution in [0.4, 0.5) is 17.1 Å². The Morgan fingerprint density at radius 2 is 0.866 bits per heavy atom. The summed E-state index contributed by atoms with van der Waals surface area (Å²) < 4.78 is 2.64. The van der Waals surface area contributed by atoms with Gasteiger partial charge in [0.05, 0.1) is 16.8 Å². The minimum absolute atomic E-state index is 0.537. The van der Waals surface area contributed by atoms with Crippen LogP contribution in [0.15, 0.2) is 261 Å². The van der Waals surface area contributed by atoms with E-state index in [9.17, 15) is 0 Å². The summed E-state index contributed by atoms with van der Waals surface area (Å²) in [4.78, 5) is 2.53. The number of anilines is 3. The number of nitrogens with zero attached hydrogens (tertiary/aromatic N) is 1. The molecule has 2 heteroatoms. The Morgan fingerprint density at radius 1 is 0.328 bits per heavy atom. The zero-order valence-corrected chi connectivity index (χ0v) is 37.5. The standard InChI is InChI=1S/C65H43NS/c1-3-25-48(26-4-1)65(49-27-5-2-6-28-49)58-37-12-9-33-57(58)63-59(65)38-19-40-61(63)66(60-39-13-10-31-54(60)53-35-17-21-44-20-7-8-30-51(44)53)50-29-16-23-46(43-50)45-22-15-24-47(42-45)52-34-18-36-56-55-32-11-14-41-62(55)67-64(52)56/h1-43H. The van der Waals surface area contributed by atoms with Crippen LogP contribution in [-0.4, -0.2) is 0 Å². The molecule has 12 aromatic rings. The molecule has 0 N–H and O–H groups in total. The lowest BCUT2D eigenvalue weighted by Crippen LogP contribution is -2.28. The van der Waals surface area contributed by atoms with Crippen molar-refractivity contribution >= 4 is 59.3 Å². The Balaban J connectivity index is 1.06. The van der Waals surface area contributed by atoms with E-state index >= 15 is 0 Å². The highest BCUT2D eigenvalue weighted by atomic mass is 32.1. The predicted octanol–water partition coefficient (Wildman–Crippen LogP) is 18.0. The lowest BCUT2D eigenvalue weighted by molar-refractivity contribution is 0.768. The zero-order valence-electron chi connectivity index (χ0n) is 36.7. The van der Waals surface area contributed by atoms with E-state index in [-0.39, 0.29) is 0 Å². The van der Waals surface area contributed by atoms with Crippen LogP contribution in [0.1, 0.15) is 22.3 Å². The molecule has 1 aliphatic carbocycles. The van der Waals surface area contributed by atoms with E-state index in [0.717, 1.165) is 22.6 Å². The van der Waals surface area contributed by atoms with Gasteiger partial charge in [0.15, 0.2) is 0 Å². The number of benzene rings is 11. The Labute approximate surface area is 395 Å². The Morgan fingerprint density at radius 3 is 1.70 bits per heavy atom. The van der Waals surface area contributed by atoms with Gasteiger partial charge in [-0.1, -0.05) is 224 Å². The molecule has 0 radical (unpaired) electrons. The molecule has 0 saturated carbocycles. The van der Waals surface area contributed by atoms with Gasteiger partial charge in [-0.15, -0.1) is 11.3 Å². The van der Waals surface area contributed by atoms with Crippen LogP contribution in [0.3, 0.4) is 0 Å². The maximum atomic E-state index is 2.53. The maximum absolute atomic E-state index is 2.53. The van der Waals surface area contributed by atoms with Crippen molar-refractivity contribution in [1.29, 1.82) is 0 Å². The number of hydrogen-bond donors (Lipinski definition) is 0. The zero-order chi connectivity index (χ0) is 44.3. The van der Waals surface area contributed by atoms with Gasteiger partial charge in [0.1, 0.15) is 0 Å². The third-order valence-corrected chi connectivity index (χ3v) is 15.2. The van der Waals surface area contributed by atoms with Crippen molar-refractivity contribution in [2.24, 2.45) is 0 Å². The van der Waals surface area contributed by atoms with Crippen LogP contribution < -0.4 is 4.90 Å². The molecule has 0 bridgehead atoms. The molecule has 314 valence electrons. The van der Waals surface area contributed by atoms with Gasteiger partial charge in [-0.05, 0) is 103 Å². The third-order valence-electron chi connectivity index (χ3n) is 13.9. The molecule has 1 aromatic heterocycles. The highest BCUT2D eigenvalue weighted by Gasteiger charge is 2.47. The van der Waals surface area contributed by atoms with Crippen molar-refractivity contribution in [3.05, 3.63) is 283 Å². The molecule has 0 amide bonds. The summed E-state index contributed by atoms with van der Waals surface area (Å²) >= 11 is 1.88. The first-order chi connectivity index (χ1) is 33.3. The molecule has 0 atom stereocenters. The minimum Gasteiger partial charge on any atom is -0.309 e. The number of hydrogen-bond acceptors (Lipinski definition) is 2. The second kappa shape index (κ2) is 16.0. The van der Waals surface area contributed by atoms with Crippen molar-refractivity contribution in [2.45, 2.75) is 5.41 Å². The molecule has 0 fully saturated rings. The fourth-order valence-electron chi connectivity index (χ4n) is 11.1. The average Bonchev–Trinajstić information content (AvgIpc) is 3.94. The average molecular weight is 870 g/mol. The van der Waals surface area contributed by atoms with Crippen molar-refractivity contribution in [1.82, 2.24) is 0 Å². The number of fused-ring (bicyclic) bond motifs is 7. The van der Waals surface area contributed by atoms with Gasteiger partial charge in [-0.25, -0.2) is 0 Å². The van der Waals surface area contributed by atoms with E-state index < -0.39 is 5.41 Å². The molecular weight excluding hydrogens is 827 g/mol. The Hall–Kier alpha value is -8.30. The van der Waals surface area contributed by atoms with E-state index in [1.165, 1.54) is 92.1 Å². The van der Waals surface area contributed by atoms with Crippen molar-refractivity contribution in [2.75, 3.05) is 4.90 Å². The van der Waals surface area contributed by atoms with E-state index in [4.69, 9.17) is 0 Å². The van der Waals surface area contributed by atoms with Crippen LogP contribution in [0, 0.1) is 0 Å². The minimum atomic E-state index is -0.537. The van der Waals surface area contributed by atoms with E-state index in [2.05, 4.69) is 266 Å². The van der Waals surface area contributed by atoms with Crippen LogP contribution in [0.2, 0.25) is 0 Å². The first-order valence-electron chi connectivity index (χ1n) is 23.1. The van der Waals surface area contributed by atoms with Gasteiger partial charge >= 0.3 is 0 Å². The summed E-state index contributed by atoms with van der Waals surface area (Å²) in [5.41, 5.74) is 17.5. The van der Waals surface area contributed by atoms with E-state index in [1.54, 1.807) is 0 Å². The molecule has 0 saturated heterocycles. The van der Waals surface area contributed by atoms with Crippen LogP contribution >= 0.6 is 11.3 Å². The largest absolute Gasteiger partial charge is 0.309 e. The van der Waals surface area contributed by atoms with Crippen molar-refractivity contribution in [3.63, 3.8) is 0 Å². The van der Waals surface area contributed by atoms with Gasteiger partial charge in [0.25, 0.3) is 0 Å². The molecule has 1 heterocycles. The van der Waals surface area contributed by atoms with Gasteiger partial charge < -0.3 is 4.90 Å². The smallest absolute Gasteiger partial charge is 0.0714 e. The number of rotatable bonds is 8. The molecule has 0 aliphatic heterocycles. The summed E-state index contributed by atoms with van der Waals surface area (Å²) in [6.07, 6.45) is 0. The van der Waals surface area contributed by atoms with E-state index in [0.29, 0.717) is 0 Å². The first-order valence-corrected chi connectivity index (χ1v) is 23.9. The normalized spacial score (nSPS) is 12.6. The lowest BCUT2D eigenvalue weighted by Gasteiger charge is -2.34. The molecule has 0 unspecified atom stereocenters. The predicted molar refractivity (Wildman–Crippen MR) is 285 cm³/mol. The van der Waals surface area contributed by atoms with Gasteiger partial charge in [0.2, 0.25) is 0 Å². The topological polar surface area (TPSA) is 3.24 Å². The summed E-state index contributed by atoms with van der Waals surface area (Å²) in [5.74, 6) is 0. The first kappa shape index (κ1) is 39.1. The molecule has 13 rings (SSSR count). The quantitative estimate of drug-likeness (QED) is 0.147. The molecule has 1 nitrogen and oxygen atoms in total. The Kier molecular flexibility index (Phi) is 9.33.